The zero-order valence-corrected chi connectivity index (χ0v) is 11.0. The summed E-state index contributed by atoms with van der Waals surface area (Å²) in [5, 5.41) is 1.17. The van der Waals surface area contributed by atoms with Crippen molar-refractivity contribution >= 4 is 29.3 Å². The average Bonchev–Trinajstić information content (AvgIpc) is 2.33. The first-order valence-electron chi connectivity index (χ1n) is 5.39. The Morgan fingerprint density at radius 3 is 2.35 bits per heavy atom. The molecule has 0 aromatic heterocycles. The van der Waals surface area contributed by atoms with Gasteiger partial charge in [0.1, 0.15) is 0 Å². The van der Waals surface area contributed by atoms with E-state index in [2.05, 4.69) is 24.3 Å². The van der Waals surface area contributed by atoms with Gasteiger partial charge in [0.2, 0.25) is 0 Å². The summed E-state index contributed by atoms with van der Waals surface area (Å²) in [6.45, 7) is 2.01. The number of hydrogen-bond donors (Lipinski definition) is 0. The number of rotatable bonds is 2. The summed E-state index contributed by atoms with van der Waals surface area (Å²) < 4.78 is 0. The Morgan fingerprint density at radius 2 is 1.65 bits per heavy atom. The Bertz CT molecular complexity index is 557. The number of halogens is 2. The third-order valence-electron chi connectivity index (χ3n) is 2.50. The first-order valence-corrected chi connectivity index (χ1v) is 6.14. The van der Waals surface area contributed by atoms with Crippen molar-refractivity contribution in [1.29, 1.82) is 0 Å². The maximum atomic E-state index is 6.02. The molecule has 0 aliphatic carbocycles. The molecule has 0 saturated carbocycles. The lowest BCUT2D eigenvalue weighted by Gasteiger charge is -2.04. The molecule has 0 fully saturated rings. The van der Waals surface area contributed by atoms with Crippen LogP contribution in [0, 0.1) is 0 Å². The van der Waals surface area contributed by atoms with E-state index in [1.165, 1.54) is 5.56 Å². The molecule has 17 heavy (non-hydrogen) atoms. The van der Waals surface area contributed by atoms with E-state index in [9.17, 15) is 0 Å². The minimum Gasteiger partial charge on any atom is -0.0871 e. The van der Waals surface area contributed by atoms with Crippen LogP contribution in [0.25, 0.3) is 17.2 Å². The maximum absolute atomic E-state index is 6.02. The van der Waals surface area contributed by atoms with Crippen molar-refractivity contribution < 1.29 is 0 Å². The van der Waals surface area contributed by atoms with E-state index in [1.54, 1.807) is 0 Å². The largest absolute Gasteiger partial charge is 0.0871 e. The molecule has 0 atom stereocenters. The Labute approximate surface area is 112 Å². The molecule has 0 aliphatic heterocycles. The third kappa shape index (κ3) is 2.91. The molecule has 2 aromatic carbocycles. The highest BCUT2D eigenvalue weighted by molar-refractivity contribution is 6.42. The smallest absolute Gasteiger partial charge is 0.0598 e. The minimum atomic E-state index is 0.583. The van der Waals surface area contributed by atoms with Gasteiger partial charge in [0.25, 0.3) is 0 Å². The van der Waals surface area contributed by atoms with Crippen molar-refractivity contribution in [2.24, 2.45) is 0 Å². The van der Waals surface area contributed by atoms with Crippen LogP contribution in [-0.2, 0) is 0 Å². The molecular weight excluding hydrogens is 251 g/mol. The quantitative estimate of drug-likeness (QED) is 0.652. The summed E-state index contributed by atoms with van der Waals surface area (Å²) in [4.78, 5) is 0. The highest BCUT2D eigenvalue weighted by Crippen LogP contribution is 2.28. The van der Waals surface area contributed by atoms with Crippen LogP contribution in [0.3, 0.4) is 0 Å². The molecule has 2 aromatic rings. The molecule has 0 N–H and O–H groups in total. The number of allylic oxidation sites excluding steroid dienone is 1. The zero-order chi connectivity index (χ0) is 12.3. The van der Waals surface area contributed by atoms with E-state index in [0.717, 1.165) is 11.1 Å². The van der Waals surface area contributed by atoms with Crippen molar-refractivity contribution in [3.63, 3.8) is 0 Å². The second-order valence-electron chi connectivity index (χ2n) is 3.75. The van der Waals surface area contributed by atoms with Gasteiger partial charge in [-0.3, -0.25) is 0 Å². The Hall–Kier alpha value is -1.24. The molecule has 2 heteroatoms. The lowest BCUT2D eigenvalue weighted by Crippen LogP contribution is -1.80. The maximum Gasteiger partial charge on any atom is 0.0598 e. The molecule has 0 unspecified atom stereocenters. The van der Waals surface area contributed by atoms with Crippen molar-refractivity contribution in [2.45, 2.75) is 6.92 Å². The molecule has 0 heterocycles. The van der Waals surface area contributed by atoms with Crippen molar-refractivity contribution in [1.82, 2.24) is 0 Å². The van der Waals surface area contributed by atoms with E-state index < -0.39 is 0 Å². The summed E-state index contributed by atoms with van der Waals surface area (Å²) in [5.41, 5.74) is 3.39. The van der Waals surface area contributed by atoms with Gasteiger partial charge in [-0.2, -0.15) is 0 Å². The summed E-state index contributed by atoms with van der Waals surface area (Å²) >= 11 is 11.9. The van der Waals surface area contributed by atoms with Crippen LogP contribution in [0.15, 0.2) is 48.5 Å². The lowest BCUT2D eigenvalue weighted by molar-refractivity contribution is 1.59. The van der Waals surface area contributed by atoms with Gasteiger partial charge >= 0.3 is 0 Å². The SMILES string of the molecule is CC=Cc1cccc(-c2ccc(Cl)c(Cl)c2)c1. The van der Waals surface area contributed by atoms with Gasteiger partial charge in [0.05, 0.1) is 10.0 Å². The fraction of sp³-hybridized carbons (Fsp3) is 0.0667. The van der Waals surface area contributed by atoms with Crippen molar-refractivity contribution in [3.8, 4) is 11.1 Å². The standard InChI is InChI=1S/C15H12Cl2/c1-2-4-11-5-3-6-12(9-11)13-7-8-14(16)15(17)10-13/h2-10H,1H3. The molecule has 0 amide bonds. The first-order chi connectivity index (χ1) is 8.20. The topological polar surface area (TPSA) is 0 Å². The van der Waals surface area contributed by atoms with Gasteiger partial charge in [-0.1, -0.05) is 59.6 Å². The Kier molecular flexibility index (Phi) is 3.88. The first kappa shape index (κ1) is 12.2. The van der Waals surface area contributed by atoms with Crippen LogP contribution in [-0.4, -0.2) is 0 Å². The van der Waals surface area contributed by atoms with Gasteiger partial charge in [-0.25, -0.2) is 0 Å². The highest BCUT2D eigenvalue weighted by Gasteiger charge is 2.02. The van der Waals surface area contributed by atoms with Crippen LogP contribution in [0.1, 0.15) is 12.5 Å². The van der Waals surface area contributed by atoms with Crippen LogP contribution in [0.4, 0.5) is 0 Å². The van der Waals surface area contributed by atoms with E-state index in [1.807, 2.05) is 37.3 Å². The second kappa shape index (κ2) is 5.39. The average molecular weight is 263 g/mol. The van der Waals surface area contributed by atoms with Gasteiger partial charge in [-0.15, -0.1) is 0 Å². The molecular formula is C15H12Cl2. The molecule has 0 nitrogen and oxygen atoms in total. The molecule has 0 aliphatic rings. The van der Waals surface area contributed by atoms with Crippen LogP contribution in [0.5, 0.6) is 0 Å². The Balaban J connectivity index is 2.45. The Morgan fingerprint density at radius 1 is 0.882 bits per heavy atom. The molecule has 0 saturated heterocycles. The summed E-state index contributed by atoms with van der Waals surface area (Å²) in [5.74, 6) is 0. The van der Waals surface area contributed by atoms with E-state index in [-0.39, 0.29) is 0 Å². The van der Waals surface area contributed by atoms with Crippen molar-refractivity contribution in [3.05, 3.63) is 64.1 Å². The van der Waals surface area contributed by atoms with Gasteiger partial charge in [0.15, 0.2) is 0 Å². The molecule has 86 valence electrons. The second-order valence-corrected chi connectivity index (χ2v) is 4.57. The predicted octanol–water partition coefficient (Wildman–Crippen LogP) is 5.69. The van der Waals surface area contributed by atoms with E-state index >= 15 is 0 Å². The zero-order valence-electron chi connectivity index (χ0n) is 9.45. The number of benzene rings is 2. The molecule has 0 bridgehead atoms. The molecule has 2 rings (SSSR count). The summed E-state index contributed by atoms with van der Waals surface area (Å²) in [7, 11) is 0. The molecule has 0 radical (unpaired) electrons. The molecule has 0 spiro atoms. The highest BCUT2D eigenvalue weighted by atomic mass is 35.5. The van der Waals surface area contributed by atoms with Gasteiger partial charge in [0, 0.05) is 0 Å². The van der Waals surface area contributed by atoms with Gasteiger partial charge in [-0.05, 0) is 41.8 Å². The fourth-order valence-corrected chi connectivity index (χ4v) is 1.99. The van der Waals surface area contributed by atoms with Crippen LogP contribution in [0.2, 0.25) is 10.0 Å². The van der Waals surface area contributed by atoms with Crippen molar-refractivity contribution in [2.75, 3.05) is 0 Å². The lowest BCUT2D eigenvalue weighted by atomic mass is 10.0. The third-order valence-corrected chi connectivity index (χ3v) is 3.24. The summed E-state index contributed by atoms with van der Waals surface area (Å²) in [6.07, 6.45) is 4.09. The van der Waals surface area contributed by atoms with E-state index in [0.29, 0.717) is 10.0 Å². The van der Waals surface area contributed by atoms with E-state index in [4.69, 9.17) is 23.2 Å². The van der Waals surface area contributed by atoms with Crippen LogP contribution < -0.4 is 0 Å². The van der Waals surface area contributed by atoms with Crippen LogP contribution >= 0.6 is 23.2 Å². The number of hydrogen-bond acceptors (Lipinski definition) is 0. The normalized spacial score (nSPS) is 11.0. The predicted molar refractivity (Wildman–Crippen MR) is 76.6 cm³/mol. The fourth-order valence-electron chi connectivity index (χ4n) is 1.69. The monoisotopic (exact) mass is 262 g/mol. The summed E-state index contributed by atoms with van der Waals surface area (Å²) in [6, 6.07) is 14.0. The minimum absolute atomic E-state index is 0.583. The van der Waals surface area contributed by atoms with Gasteiger partial charge < -0.3 is 0 Å².